The largest absolute Gasteiger partial charge is 0.469 e. The summed E-state index contributed by atoms with van der Waals surface area (Å²) in [5.41, 5.74) is 2.62. The molecule has 100 valence electrons. The van der Waals surface area contributed by atoms with E-state index in [9.17, 15) is 4.79 Å². The van der Waals surface area contributed by atoms with Gasteiger partial charge < -0.3 is 4.74 Å². The van der Waals surface area contributed by atoms with Gasteiger partial charge in [-0.15, -0.1) is 0 Å². The zero-order valence-corrected chi connectivity index (χ0v) is 11.6. The number of benzene rings is 1. The van der Waals surface area contributed by atoms with Crippen LogP contribution in [0.1, 0.15) is 30.9 Å². The first-order chi connectivity index (χ1) is 8.65. The lowest BCUT2D eigenvalue weighted by Gasteiger charge is -2.20. The molecule has 1 rings (SSSR count). The minimum Gasteiger partial charge on any atom is -0.469 e. The number of carbonyl (C=O) groups is 1. The van der Waals surface area contributed by atoms with Crippen molar-refractivity contribution in [2.75, 3.05) is 20.2 Å². The Morgan fingerprint density at radius 1 is 1.39 bits per heavy atom. The molecule has 0 aliphatic heterocycles. The van der Waals surface area contributed by atoms with Crippen molar-refractivity contribution in [1.29, 1.82) is 0 Å². The summed E-state index contributed by atoms with van der Waals surface area (Å²) in [7, 11) is 1.44. The molecule has 0 aromatic heterocycles. The summed E-state index contributed by atoms with van der Waals surface area (Å²) in [5, 5.41) is 0. The number of esters is 1. The van der Waals surface area contributed by atoms with Crippen molar-refractivity contribution in [2.24, 2.45) is 0 Å². The summed E-state index contributed by atoms with van der Waals surface area (Å²) in [5.74, 6) is -0.124. The zero-order valence-electron chi connectivity index (χ0n) is 11.6. The van der Waals surface area contributed by atoms with Crippen molar-refractivity contribution in [2.45, 2.75) is 33.2 Å². The number of methoxy groups -OCH3 is 1. The first kappa shape index (κ1) is 14.7. The van der Waals surface area contributed by atoms with E-state index in [0.29, 0.717) is 6.42 Å². The van der Waals surface area contributed by atoms with Crippen molar-refractivity contribution in [1.82, 2.24) is 4.90 Å². The van der Waals surface area contributed by atoms with E-state index in [-0.39, 0.29) is 5.97 Å². The first-order valence-corrected chi connectivity index (χ1v) is 6.50. The Bertz CT molecular complexity index is 377. The van der Waals surface area contributed by atoms with Gasteiger partial charge in [0.25, 0.3) is 0 Å². The molecule has 0 amide bonds. The SMILES string of the molecule is CCN(CCCC(=O)OC)Cc1cccc(C)c1. The third-order valence-electron chi connectivity index (χ3n) is 3.02. The maximum absolute atomic E-state index is 11.0. The molecule has 0 atom stereocenters. The second-order valence-electron chi connectivity index (χ2n) is 4.54. The number of hydrogen-bond acceptors (Lipinski definition) is 3. The minimum atomic E-state index is -0.124. The second-order valence-corrected chi connectivity index (χ2v) is 4.54. The molecule has 1 aromatic rings. The van der Waals surface area contributed by atoms with Crippen LogP contribution in [-0.2, 0) is 16.1 Å². The summed E-state index contributed by atoms with van der Waals surface area (Å²) in [6.07, 6.45) is 1.35. The zero-order chi connectivity index (χ0) is 13.4. The average Bonchev–Trinajstić information content (AvgIpc) is 2.37. The van der Waals surface area contributed by atoms with Crippen LogP contribution in [0.5, 0.6) is 0 Å². The highest BCUT2D eigenvalue weighted by molar-refractivity contribution is 5.69. The molecule has 3 nitrogen and oxygen atoms in total. The molecule has 0 heterocycles. The van der Waals surface area contributed by atoms with Crippen LogP contribution in [-0.4, -0.2) is 31.1 Å². The van der Waals surface area contributed by atoms with Crippen LogP contribution in [0.2, 0.25) is 0 Å². The molecule has 0 saturated heterocycles. The van der Waals surface area contributed by atoms with E-state index in [2.05, 4.69) is 47.7 Å². The number of aryl methyl sites for hydroxylation is 1. The van der Waals surface area contributed by atoms with Crippen molar-refractivity contribution in [3.8, 4) is 0 Å². The van der Waals surface area contributed by atoms with E-state index in [4.69, 9.17) is 0 Å². The highest BCUT2D eigenvalue weighted by Crippen LogP contribution is 2.08. The number of ether oxygens (including phenoxy) is 1. The number of hydrogen-bond donors (Lipinski definition) is 0. The van der Waals surface area contributed by atoms with E-state index in [1.54, 1.807) is 0 Å². The van der Waals surface area contributed by atoms with E-state index < -0.39 is 0 Å². The lowest BCUT2D eigenvalue weighted by molar-refractivity contribution is -0.140. The third-order valence-corrected chi connectivity index (χ3v) is 3.02. The topological polar surface area (TPSA) is 29.5 Å². The van der Waals surface area contributed by atoms with Crippen LogP contribution < -0.4 is 0 Å². The Kier molecular flexibility index (Phi) is 6.44. The molecule has 3 heteroatoms. The third kappa shape index (κ3) is 5.32. The van der Waals surface area contributed by atoms with E-state index >= 15 is 0 Å². The normalized spacial score (nSPS) is 10.7. The van der Waals surface area contributed by atoms with Gasteiger partial charge in [-0.3, -0.25) is 9.69 Å². The number of rotatable bonds is 7. The first-order valence-electron chi connectivity index (χ1n) is 6.50. The molecule has 0 spiro atoms. The highest BCUT2D eigenvalue weighted by Gasteiger charge is 2.06. The molecule has 1 aromatic carbocycles. The summed E-state index contributed by atoms with van der Waals surface area (Å²) in [6, 6.07) is 8.56. The van der Waals surface area contributed by atoms with Crippen LogP contribution in [0.3, 0.4) is 0 Å². The smallest absolute Gasteiger partial charge is 0.305 e. The maximum Gasteiger partial charge on any atom is 0.305 e. The van der Waals surface area contributed by atoms with E-state index in [1.807, 2.05) is 0 Å². The molecular weight excluding hydrogens is 226 g/mol. The Morgan fingerprint density at radius 3 is 2.78 bits per heavy atom. The summed E-state index contributed by atoms with van der Waals surface area (Å²) < 4.78 is 4.64. The predicted molar refractivity (Wildman–Crippen MR) is 73.4 cm³/mol. The minimum absolute atomic E-state index is 0.124. The Labute approximate surface area is 110 Å². The van der Waals surface area contributed by atoms with Gasteiger partial charge in [0.1, 0.15) is 0 Å². The molecule has 0 radical (unpaired) electrons. The van der Waals surface area contributed by atoms with Crippen molar-refractivity contribution in [3.05, 3.63) is 35.4 Å². The van der Waals surface area contributed by atoms with Crippen LogP contribution in [0, 0.1) is 6.92 Å². The molecule has 0 fully saturated rings. The monoisotopic (exact) mass is 249 g/mol. The average molecular weight is 249 g/mol. The summed E-state index contributed by atoms with van der Waals surface area (Å²) in [6.45, 7) is 7.12. The van der Waals surface area contributed by atoms with Gasteiger partial charge in [-0.05, 0) is 32.0 Å². The van der Waals surface area contributed by atoms with Gasteiger partial charge in [-0.1, -0.05) is 36.8 Å². The van der Waals surface area contributed by atoms with Crippen LogP contribution in [0.15, 0.2) is 24.3 Å². The fourth-order valence-electron chi connectivity index (χ4n) is 1.97. The fourth-order valence-corrected chi connectivity index (χ4v) is 1.97. The van der Waals surface area contributed by atoms with Gasteiger partial charge in [0.2, 0.25) is 0 Å². The maximum atomic E-state index is 11.0. The lowest BCUT2D eigenvalue weighted by atomic mass is 10.1. The van der Waals surface area contributed by atoms with Crippen LogP contribution in [0.4, 0.5) is 0 Å². The standard InChI is InChI=1S/C15H23NO2/c1-4-16(10-6-9-15(17)18-3)12-14-8-5-7-13(2)11-14/h5,7-8,11H,4,6,9-10,12H2,1-3H3. The Morgan fingerprint density at radius 2 is 2.17 bits per heavy atom. The highest BCUT2D eigenvalue weighted by atomic mass is 16.5. The van der Waals surface area contributed by atoms with E-state index in [0.717, 1.165) is 26.1 Å². The Balaban J connectivity index is 2.40. The molecule has 0 bridgehead atoms. The molecular formula is C15H23NO2. The molecule has 18 heavy (non-hydrogen) atoms. The lowest BCUT2D eigenvalue weighted by Crippen LogP contribution is -2.24. The van der Waals surface area contributed by atoms with Crippen LogP contribution >= 0.6 is 0 Å². The van der Waals surface area contributed by atoms with Gasteiger partial charge in [0, 0.05) is 13.0 Å². The van der Waals surface area contributed by atoms with Gasteiger partial charge in [0.05, 0.1) is 7.11 Å². The molecule has 0 unspecified atom stereocenters. The molecule has 0 aliphatic rings. The Hall–Kier alpha value is -1.35. The van der Waals surface area contributed by atoms with Gasteiger partial charge in [-0.2, -0.15) is 0 Å². The van der Waals surface area contributed by atoms with Gasteiger partial charge >= 0.3 is 5.97 Å². The predicted octanol–water partition coefficient (Wildman–Crippen LogP) is 2.77. The summed E-state index contributed by atoms with van der Waals surface area (Å²) >= 11 is 0. The quantitative estimate of drug-likeness (QED) is 0.696. The van der Waals surface area contributed by atoms with Crippen molar-refractivity contribution >= 4 is 5.97 Å². The van der Waals surface area contributed by atoms with Gasteiger partial charge in [-0.25, -0.2) is 0 Å². The number of nitrogens with zero attached hydrogens (tertiary/aromatic N) is 1. The van der Waals surface area contributed by atoms with Crippen molar-refractivity contribution < 1.29 is 9.53 Å². The van der Waals surface area contributed by atoms with Crippen molar-refractivity contribution in [3.63, 3.8) is 0 Å². The van der Waals surface area contributed by atoms with Gasteiger partial charge in [0.15, 0.2) is 0 Å². The number of carbonyl (C=O) groups excluding carboxylic acids is 1. The molecule has 0 saturated carbocycles. The van der Waals surface area contributed by atoms with E-state index in [1.165, 1.54) is 18.2 Å². The fraction of sp³-hybridized carbons (Fsp3) is 0.533. The second kappa shape index (κ2) is 7.88. The molecule has 0 aliphatic carbocycles. The summed E-state index contributed by atoms with van der Waals surface area (Å²) in [4.78, 5) is 13.4. The van der Waals surface area contributed by atoms with Crippen LogP contribution in [0.25, 0.3) is 0 Å². The molecule has 0 N–H and O–H groups in total.